The van der Waals surface area contributed by atoms with Crippen molar-refractivity contribution in [2.75, 3.05) is 0 Å². The molecule has 1 unspecified atom stereocenters. The van der Waals surface area contributed by atoms with Gasteiger partial charge in [-0.05, 0) is 24.1 Å². The van der Waals surface area contributed by atoms with Gasteiger partial charge in [0.1, 0.15) is 5.82 Å². The zero-order valence-electron chi connectivity index (χ0n) is 7.13. The molecule has 0 radical (unpaired) electrons. The van der Waals surface area contributed by atoms with Crippen molar-refractivity contribution < 1.29 is 4.39 Å². The summed E-state index contributed by atoms with van der Waals surface area (Å²) in [6, 6.07) is 4.39. The van der Waals surface area contributed by atoms with Gasteiger partial charge < -0.3 is 5.73 Å². The normalized spacial score (nSPS) is 12.5. The SMILES string of the molecule is C=CCC(N)c1ccc(F)cc1Br. The van der Waals surface area contributed by atoms with Crippen LogP contribution in [0.3, 0.4) is 0 Å². The lowest BCUT2D eigenvalue weighted by atomic mass is 10.1. The van der Waals surface area contributed by atoms with Crippen LogP contribution in [-0.2, 0) is 0 Å². The van der Waals surface area contributed by atoms with Gasteiger partial charge >= 0.3 is 0 Å². The molecule has 0 bridgehead atoms. The Bertz CT molecular complexity index is 312. The van der Waals surface area contributed by atoms with Crippen LogP contribution in [0, 0.1) is 5.82 Å². The van der Waals surface area contributed by atoms with Gasteiger partial charge in [-0.1, -0.05) is 28.1 Å². The van der Waals surface area contributed by atoms with Crippen molar-refractivity contribution >= 4 is 15.9 Å². The van der Waals surface area contributed by atoms with Crippen LogP contribution in [-0.4, -0.2) is 0 Å². The summed E-state index contributed by atoms with van der Waals surface area (Å²) in [7, 11) is 0. The quantitative estimate of drug-likeness (QED) is 0.812. The van der Waals surface area contributed by atoms with E-state index in [1.165, 1.54) is 12.1 Å². The Balaban J connectivity index is 2.94. The smallest absolute Gasteiger partial charge is 0.124 e. The van der Waals surface area contributed by atoms with E-state index in [0.29, 0.717) is 10.9 Å². The first-order chi connectivity index (χ1) is 6.15. The second-order valence-electron chi connectivity index (χ2n) is 2.80. The minimum absolute atomic E-state index is 0.118. The van der Waals surface area contributed by atoms with Gasteiger partial charge in [-0.25, -0.2) is 4.39 Å². The highest BCUT2D eigenvalue weighted by Crippen LogP contribution is 2.24. The summed E-state index contributed by atoms with van der Waals surface area (Å²) < 4.78 is 13.4. The zero-order chi connectivity index (χ0) is 9.84. The summed E-state index contributed by atoms with van der Waals surface area (Å²) in [4.78, 5) is 0. The monoisotopic (exact) mass is 243 g/mol. The predicted molar refractivity (Wildman–Crippen MR) is 55.8 cm³/mol. The van der Waals surface area contributed by atoms with E-state index < -0.39 is 0 Å². The molecule has 1 rings (SSSR count). The highest BCUT2D eigenvalue weighted by Gasteiger charge is 2.08. The third-order valence-corrected chi connectivity index (χ3v) is 2.47. The largest absolute Gasteiger partial charge is 0.324 e. The summed E-state index contributed by atoms with van der Waals surface area (Å²) in [5.74, 6) is -0.263. The van der Waals surface area contributed by atoms with E-state index >= 15 is 0 Å². The van der Waals surface area contributed by atoms with Crippen LogP contribution in [0.25, 0.3) is 0 Å². The average molecular weight is 244 g/mol. The summed E-state index contributed by atoms with van der Waals surface area (Å²) in [6.45, 7) is 3.60. The van der Waals surface area contributed by atoms with Crippen molar-refractivity contribution in [1.29, 1.82) is 0 Å². The number of nitrogens with two attached hydrogens (primary N) is 1. The number of hydrogen-bond acceptors (Lipinski definition) is 1. The molecule has 0 aliphatic heterocycles. The number of rotatable bonds is 3. The highest BCUT2D eigenvalue weighted by atomic mass is 79.9. The molecular formula is C10H11BrFN. The van der Waals surface area contributed by atoms with E-state index in [4.69, 9.17) is 5.73 Å². The summed E-state index contributed by atoms with van der Waals surface area (Å²) in [5, 5.41) is 0. The minimum atomic E-state index is -0.263. The molecule has 0 heterocycles. The Morgan fingerprint density at radius 3 is 2.85 bits per heavy atom. The number of halogens is 2. The predicted octanol–water partition coefficient (Wildman–Crippen LogP) is 3.16. The van der Waals surface area contributed by atoms with E-state index in [9.17, 15) is 4.39 Å². The van der Waals surface area contributed by atoms with E-state index in [0.717, 1.165) is 5.56 Å². The third-order valence-electron chi connectivity index (χ3n) is 1.78. The molecule has 1 aromatic rings. The second kappa shape index (κ2) is 4.53. The Kier molecular flexibility index (Phi) is 3.63. The van der Waals surface area contributed by atoms with Crippen molar-refractivity contribution in [3.63, 3.8) is 0 Å². The molecule has 0 amide bonds. The van der Waals surface area contributed by atoms with E-state index in [1.54, 1.807) is 12.1 Å². The van der Waals surface area contributed by atoms with Gasteiger partial charge in [-0.3, -0.25) is 0 Å². The molecule has 13 heavy (non-hydrogen) atoms. The van der Waals surface area contributed by atoms with Crippen molar-refractivity contribution in [2.24, 2.45) is 5.73 Å². The molecule has 0 aromatic heterocycles. The molecule has 0 saturated heterocycles. The van der Waals surface area contributed by atoms with Gasteiger partial charge in [0.15, 0.2) is 0 Å². The van der Waals surface area contributed by atoms with Crippen LogP contribution in [0.15, 0.2) is 35.3 Å². The number of hydrogen-bond donors (Lipinski definition) is 1. The van der Waals surface area contributed by atoms with Crippen molar-refractivity contribution in [2.45, 2.75) is 12.5 Å². The zero-order valence-corrected chi connectivity index (χ0v) is 8.72. The molecule has 3 heteroatoms. The third kappa shape index (κ3) is 2.64. The fourth-order valence-electron chi connectivity index (χ4n) is 1.11. The number of benzene rings is 1. The lowest BCUT2D eigenvalue weighted by Crippen LogP contribution is -2.09. The molecule has 0 saturated carbocycles. The fourth-order valence-corrected chi connectivity index (χ4v) is 1.75. The van der Waals surface area contributed by atoms with Gasteiger partial charge in [0.25, 0.3) is 0 Å². The molecule has 0 spiro atoms. The Morgan fingerprint density at radius 1 is 1.62 bits per heavy atom. The molecule has 1 nitrogen and oxygen atoms in total. The van der Waals surface area contributed by atoms with Crippen molar-refractivity contribution in [3.8, 4) is 0 Å². The van der Waals surface area contributed by atoms with E-state index in [2.05, 4.69) is 22.5 Å². The second-order valence-corrected chi connectivity index (χ2v) is 3.65. The molecule has 0 aliphatic rings. The molecule has 1 atom stereocenters. The molecule has 1 aromatic carbocycles. The summed E-state index contributed by atoms with van der Waals surface area (Å²) in [6.07, 6.45) is 2.44. The maximum atomic E-state index is 12.7. The average Bonchev–Trinajstić information content (AvgIpc) is 2.04. The van der Waals surface area contributed by atoms with Gasteiger partial charge in [0.2, 0.25) is 0 Å². The minimum Gasteiger partial charge on any atom is -0.324 e. The van der Waals surface area contributed by atoms with Crippen LogP contribution >= 0.6 is 15.9 Å². The molecule has 0 fully saturated rings. The van der Waals surface area contributed by atoms with Crippen LogP contribution in [0.4, 0.5) is 4.39 Å². The molecule has 0 aliphatic carbocycles. The van der Waals surface area contributed by atoms with Gasteiger partial charge in [0, 0.05) is 10.5 Å². The first-order valence-electron chi connectivity index (χ1n) is 3.96. The topological polar surface area (TPSA) is 26.0 Å². The first kappa shape index (κ1) is 10.4. The Morgan fingerprint density at radius 2 is 2.31 bits per heavy atom. The van der Waals surface area contributed by atoms with Crippen molar-refractivity contribution in [1.82, 2.24) is 0 Å². The van der Waals surface area contributed by atoms with E-state index in [1.807, 2.05) is 0 Å². The molecule has 2 N–H and O–H groups in total. The van der Waals surface area contributed by atoms with Crippen LogP contribution in [0.2, 0.25) is 0 Å². The lowest BCUT2D eigenvalue weighted by molar-refractivity contribution is 0.623. The molecular weight excluding hydrogens is 233 g/mol. The first-order valence-corrected chi connectivity index (χ1v) is 4.76. The maximum Gasteiger partial charge on any atom is 0.124 e. The lowest BCUT2D eigenvalue weighted by Gasteiger charge is -2.11. The highest BCUT2D eigenvalue weighted by molar-refractivity contribution is 9.10. The van der Waals surface area contributed by atoms with Gasteiger partial charge in [-0.2, -0.15) is 0 Å². The fraction of sp³-hybridized carbons (Fsp3) is 0.200. The molecule has 70 valence electrons. The van der Waals surface area contributed by atoms with E-state index in [-0.39, 0.29) is 11.9 Å². The van der Waals surface area contributed by atoms with Crippen LogP contribution < -0.4 is 5.73 Å². The Hall–Kier alpha value is -0.670. The standard InChI is InChI=1S/C10H11BrFN/c1-2-3-10(13)8-5-4-7(12)6-9(8)11/h2,4-6,10H,1,3,13H2. The maximum absolute atomic E-state index is 12.7. The van der Waals surface area contributed by atoms with Crippen LogP contribution in [0.1, 0.15) is 18.0 Å². The van der Waals surface area contributed by atoms with Crippen molar-refractivity contribution in [3.05, 3.63) is 46.7 Å². The summed E-state index contributed by atoms with van der Waals surface area (Å²) in [5.41, 5.74) is 6.74. The summed E-state index contributed by atoms with van der Waals surface area (Å²) >= 11 is 3.26. The van der Waals surface area contributed by atoms with Crippen LogP contribution in [0.5, 0.6) is 0 Å². The Labute approximate surface area is 85.6 Å². The van der Waals surface area contributed by atoms with Gasteiger partial charge in [0.05, 0.1) is 0 Å². The van der Waals surface area contributed by atoms with Gasteiger partial charge in [-0.15, -0.1) is 6.58 Å².